The largest absolute Gasteiger partial charge is 0.345 e. The molecule has 0 aliphatic carbocycles. The number of fused-ring (bicyclic) bond motifs is 1. The topological polar surface area (TPSA) is 62.5 Å². The number of pyridine rings is 1. The van der Waals surface area contributed by atoms with Gasteiger partial charge in [-0.25, -0.2) is 0 Å². The Morgan fingerprint density at radius 2 is 2.25 bits per heavy atom. The summed E-state index contributed by atoms with van der Waals surface area (Å²) in [4.78, 5) is 13.6. The molecule has 0 atom stereocenters. The molecule has 0 bridgehead atoms. The maximum absolute atomic E-state index is 11.6. The van der Waals surface area contributed by atoms with Crippen molar-refractivity contribution in [3.63, 3.8) is 0 Å². The number of carbonyl (C=O) groups is 1. The lowest BCUT2D eigenvalue weighted by Gasteiger charge is -2.04. The highest BCUT2D eigenvalue weighted by Crippen LogP contribution is 2.11. The minimum Gasteiger partial charge on any atom is -0.345 e. The minimum absolute atomic E-state index is 0.161. The van der Waals surface area contributed by atoms with Crippen molar-refractivity contribution < 1.29 is 4.79 Å². The normalized spacial score (nSPS) is 11.6. The first kappa shape index (κ1) is 14.5. The molecule has 0 aliphatic heterocycles. The van der Waals surface area contributed by atoms with Gasteiger partial charge in [-0.15, -0.1) is 10.2 Å². The summed E-state index contributed by atoms with van der Waals surface area (Å²) in [5, 5.41) is 11.4. The first-order chi connectivity index (χ1) is 9.56. The van der Waals surface area contributed by atoms with E-state index in [1.807, 2.05) is 19.0 Å². The second kappa shape index (κ2) is 6.49. The zero-order valence-corrected chi connectivity index (χ0v) is 12.1. The molecule has 2 aromatic heterocycles. The first-order valence-corrected chi connectivity index (χ1v) is 6.52. The summed E-state index contributed by atoms with van der Waals surface area (Å²) in [6.45, 7) is 1.02. The highest BCUT2D eigenvalue weighted by molar-refractivity contribution is 6.30. The van der Waals surface area contributed by atoms with Gasteiger partial charge >= 0.3 is 0 Å². The van der Waals surface area contributed by atoms with Crippen LogP contribution in [-0.4, -0.2) is 46.0 Å². The smallest absolute Gasteiger partial charge is 0.244 e. The second-order valence-corrected chi connectivity index (χ2v) is 5.01. The summed E-state index contributed by atoms with van der Waals surface area (Å²) in [5.74, 6) is 0.475. The van der Waals surface area contributed by atoms with Crippen LogP contribution < -0.4 is 5.32 Å². The van der Waals surface area contributed by atoms with Crippen molar-refractivity contribution >= 4 is 23.2 Å². The van der Waals surface area contributed by atoms with E-state index >= 15 is 0 Å². The third-order valence-corrected chi connectivity index (χ3v) is 2.82. The summed E-state index contributed by atoms with van der Waals surface area (Å²) >= 11 is 5.93. The molecule has 106 valence electrons. The van der Waals surface area contributed by atoms with Crippen LogP contribution in [0.3, 0.4) is 0 Å². The van der Waals surface area contributed by atoms with Crippen molar-refractivity contribution in [3.8, 4) is 0 Å². The molecule has 0 saturated heterocycles. The van der Waals surface area contributed by atoms with Crippen molar-refractivity contribution in [3.05, 3.63) is 41.3 Å². The summed E-state index contributed by atoms with van der Waals surface area (Å²) < 4.78 is 1.76. The van der Waals surface area contributed by atoms with E-state index in [-0.39, 0.29) is 5.91 Å². The van der Waals surface area contributed by atoms with E-state index in [4.69, 9.17) is 11.6 Å². The molecule has 0 fully saturated rings. The number of hydrogen-bond acceptors (Lipinski definition) is 4. The van der Waals surface area contributed by atoms with Gasteiger partial charge in [-0.3, -0.25) is 9.20 Å². The highest BCUT2D eigenvalue weighted by atomic mass is 35.5. The molecular formula is C13H16ClN5O. The van der Waals surface area contributed by atoms with Crippen molar-refractivity contribution in [2.24, 2.45) is 0 Å². The lowest BCUT2D eigenvalue weighted by molar-refractivity contribution is -0.116. The van der Waals surface area contributed by atoms with Gasteiger partial charge in [0.15, 0.2) is 11.5 Å². The summed E-state index contributed by atoms with van der Waals surface area (Å²) in [6, 6.07) is 3.52. The van der Waals surface area contributed by atoms with Crippen LogP contribution in [-0.2, 0) is 11.3 Å². The Hall–Kier alpha value is -1.92. The third-order valence-electron chi connectivity index (χ3n) is 2.60. The van der Waals surface area contributed by atoms with Gasteiger partial charge in [-0.1, -0.05) is 17.7 Å². The zero-order valence-electron chi connectivity index (χ0n) is 11.4. The lowest BCUT2D eigenvalue weighted by Crippen LogP contribution is -2.22. The van der Waals surface area contributed by atoms with Gasteiger partial charge in [0.25, 0.3) is 0 Å². The number of carbonyl (C=O) groups excluding carboxylic acids is 1. The zero-order chi connectivity index (χ0) is 14.5. The van der Waals surface area contributed by atoms with Crippen LogP contribution in [0.4, 0.5) is 0 Å². The molecule has 7 heteroatoms. The van der Waals surface area contributed by atoms with Gasteiger partial charge in [0.2, 0.25) is 5.91 Å². The Kier molecular flexibility index (Phi) is 4.70. The number of likely N-dealkylation sites (N-methyl/N-ethyl adjacent to an activating group) is 1. The minimum atomic E-state index is -0.161. The Morgan fingerprint density at radius 1 is 1.45 bits per heavy atom. The number of amides is 1. The molecule has 20 heavy (non-hydrogen) atoms. The maximum atomic E-state index is 11.6. The van der Waals surface area contributed by atoms with Crippen molar-refractivity contribution in [2.75, 3.05) is 20.6 Å². The molecule has 0 unspecified atom stereocenters. The Morgan fingerprint density at radius 3 is 3.00 bits per heavy atom. The van der Waals surface area contributed by atoms with E-state index in [0.29, 0.717) is 23.0 Å². The lowest BCUT2D eigenvalue weighted by atomic mass is 10.4. The number of halogens is 1. The van der Waals surface area contributed by atoms with Crippen molar-refractivity contribution in [1.82, 2.24) is 24.8 Å². The molecule has 1 N–H and O–H groups in total. The second-order valence-electron chi connectivity index (χ2n) is 4.57. The standard InChI is InChI=1S/C13H16ClN5O/c1-18(2)7-3-4-13(20)15-8-12-17-16-11-6-5-10(14)9-19(11)12/h3-6,9H,7-8H2,1-2H3,(H,15,20)/b4-3+. The monoisotopic (exact) mass is 293 g/mol. The van der Waals surface area contributed by atoms with Gasteiger partial charge < -0.3 is 10.2 Å². The number of nitrogens with one attached hydrogen (secondary N) is 1. The van der Waals surface area contributed by atoms with Crippen LogP contribution in [0.25, 0.3) is 5.65 Å². The number of aromatic nitrogens is 3. The molecule has 0 saturated carbocycles. The van der Waals surface area contributed by atoms with Crippen molar-refractivity contribution in [1.29, 1.82) is 0 Å². The fourth-order valence-electron chi connectivity index (χ4n) is 1.63. The fourth-order valence-corrected chi connectivity index (χ4v) is 1.79. The van der Waals surface area contributed by atoms with E-state index in [9.17, 15) is 4.79 Å². The number of hydrogen-bond donors (Lipinski definition) is 1. The van der Waals surface area contributed by atoms with Gasteiger partial charge in [-0.05, 0) is 26.2 Å². The average Bonchev–Trinajstić information content (AvgIpc) is 2.78. The quantitative estimate of drug-likeness (QED) is 0.839. The molecular weight excluding hydrogens is 278 g/mol. The molecule has 0 aromatic carbocycles. The van der Waals surface area contributed by atoms with Crippen LogP contribution in [0.5, 0.6) is 0 Å². The van der Waals surface area contributed by atoms with Crippen LogP contribution in [0, 0.1) is 0 Å². The van der Waals surface area contributed by atoms with E-state index in [2.05, 4.69) is 15.5 Å². The SMILES string of the molecule is CN(C)C/C=C/C(=O)NCc1nnc2ccc(Cl)cn12. The molecule has 0 aliphatic rings. The van der Waals surface area contributed by atoms with Gasteiger partial charge in [0, 0.05) is 18.8 Å². The number of nitrogens with zero attached hydrogens (tertiary/aromatic N) is 4. The summed E-state index contributed by atoms with van der Waals surface area (Å²) in [7, 11) is 3.88. The van der Waals surface area contributed by atoms with Crippen LogP contribution in [0.1, 0.15) is 5.82 Å². The van der Waals surface area contributed by atoms with Crippen LogP contribution >= 0.6 is 11.6 Å². The average molecular weight is 294 g/mol. The predicted molar refractivity (Wildman–Crippen MR) is 77.5 cm³/mol. The van der Waals surface area contributed by atoms with Gasteiger partial charge in [0.1, 0.15) is 0 Å². The van der Waals surface area contributed by atoms with Crippen LogP contribution in [0.15, 0.2) is 30.5 Å². The van der Waals surface area contributed by atoms with E-state index < -0.39 is 0 Å². The molecule has 2 heterocycles. The molecule has 1 amide bonds. The Balaban J connectivity index is 1.97. The summed E-state index contributed by atoms with van der Waals surface area (Å²) in [5.41, 5.74) is 0.696. The molecule has 2 aromatic rings. The Labute approximate surface area is 122 Å². The van der Waals surface area contributed by atoms with Gasteiger partial charge in [0.05, 0.1) is 11.6 Å². The summed E-state index contributed by atoms with van der Waals surface area (Å²) in [6.07, 6.45) is 5.03. The van der Waals surface area contributed by atoms with E-state index in [1.165, 1.54) is 6.08 Å². The number of rotatable bonds is 5. The van der Waals surface area contributed by atoms with Gasteiger partial charge in [-0.2, -0.15) is 0 Å². The van der Waals surface area contributed by atoms with Crippen molar-refractivity contribution in [2.45, 2.75) is 6.54 Å². The molecule has 0 spiro atoms. The van der Waals surface area contributed by atoms with E-state index in [0.717, 1.165) is 6.54 Å². The fraction of sp³-hybridized carbons (Fsp3) is 0.308. The molecule has 2 rings (SSSR count). The highest BCUT2D eigenvalue weighted by Gasteiger charge is 2.06. The van der Waals surface area contributed by atoms with E-state index in [1.54, 1.807) is 28.8 Å². The maximum Gasteiger partial charge on any atom is 0.244 e. The third kappa shape index (κ3) is 3.79. The molecule has 0 radical (unpaired) electrons. The Bertz CT molecular complexity index is 635. The van der Waals surface area contributed by atoms with Crippen LogP contribution in [0.2, 0.25) is 5.02 Å². The molecule has 6 nitrogen and oxygen atoms in total. The predicted octanol–water partition coefficient (Wildman–Crippen LogP) is 1.12. The first-order valence-electron chi connectivity index (χ1n) is 6.14.